The summed E-state index contributed by atoms with van der Waals surface area (Å²) in [6.45, 7) is 1.95. The Balaban J connectivity index is 1.76. The number of hydrogen-bond donors (Lipinski definition) is 2. The average molecular weight is 408 g/mol. The predicted molar refractivity (Wildman–Crippen MR) is 97.7 cm³/mol. The van der Waals surface area contributed by atoms with Crippen molar-refractivity contribution >= 4 is 17.4 Å². The molecule has 1 aromatic carbocycles. The normalized spacial score (nSPS) is 31.3. The monoisotopic (exact) mass is 408 g/mol. The molecule has 154 valence electrons. The lowest BCUT2D eigenvalue weighted by atomic mass is 9.70. The Morgan fingerprint density at radius 2 is 2.07 bits per heavy atom. The second-order valence-electron chi connectivity index (χ2n) is 7.59. The summed E-state index contributed by atoms with van der Waals surface area (Å²) >= 11 is 0. The van der Waals surface area contributed by atoms with Crippen molar-refractivity contribution in [3.63, 3.8) is 0 Å². The zero-order valence-electron chi connectivity index (χ0n) is 15.8. The summed E-state index contributed by atoms with van der Waals surface area (Å²) in [4.78, 5) is 20.3. The molecule has 10 heteroatoms. The standard InChI is InChI=1S/C19H19F3N4O3/c1-10-24-14(6-29-10)15(27)25-11-3-4-13(20)12(5-11)19-9-28-8-18(19,22)7-17(2,21)16(23)26-19/h3-6H,7-9H2,1-2H3,(H2,23,26)(H,25,27)/t17-,18+,19-/m1/s1. The zero-order valence-corrected chi connectivity index (χ0v) is 15.8. The van der Waals surface area contributed by atoms with Gasteiger partial charge in [-0.2, -0.15) is 0 Å². The fourth-order valence-electron chi connectivity index (χ4n) is 3.84. The molecular weight excluding hydrogens is 389 g/mol. The molecule has 0 radical (unpaired) electrons. The van der Waals surface area contributed by atoms with Crippen molar-refractivity contribution in [2.24, 2.45) is 10.7 Å². The summed E-state index contributed by atoms with van der Waals surface area (Å²) in [6, 6.07) is 3.63. The highest BCUT2D eigenvalue weighted by molar-refractivity contribution is 6.02. The summed E-state index contributed by atoms with van der Waals surface area (Å²) in [7, 11) is 0. The molecule has 2 aliphatic heterocycles. The van der Waals surface area contributed by atoms with Gasteiger partial charge in [0.25, 0.3) is 5.91 Å². The highest BCUT2D eigenvalue weighted by Crippen LogP contribution is 2.53. The molecule has 0 spiro atoms. The van der Waals surface area contributed by atoms with Gasteiger partial charge in [-0.05, 0) is 25.1 Å². The zero-order chi connectivity index (χ0) is 21.0. The molecule has 3 N–H and O–H groups in total. The molecule has 0 aliphatic carbocycles. The second kappa shape index (κ2) is 6.31. The number of nitrogens with zero attached hydrogens (tertiary/aromatic N) is 2. The van der Waals surface area contributed by atoms with Crippen LogP contribution in [-0.2, 0) is 10.3 Å². The first kappa shape index (κ1) is 19.4. The number of rotatable bonds is 3. The summed E-state index contributed by atoms with van der Waals surface area (Å²) < 4.78 is 55.5. The van der Waals surface area contributed by atoms with Gasteiger partial charge < -0.3 is 20.2 Å². The molecule has 29 heavy (non-hydrogen) atoms. The average Bonchev–Trinajstić information content (AvgIpc) is 3.20. The SMILES string of the molecule is Cc1nc(C(=O)Nc2ccc(F)c([C@]34COC[C@@]3(F)C[C@@](C)(F)C(N)=N4)c2)co1. The topological polar surface area (TPSA) is 103 Å². The molecule has 0 unspecified atom stereocenters. The van der Waals surface area contributed by atoms with Gasteiger partial charge in [-0.25, -0.2) is 18.2 Å². The van der Waals surface area contributed by atoms with Crippen molar-refractivity contribution in [1.29, 1.82) is 0 Å². The molecule has 2 aromatic rings. The molecule has 7 nitrogen and oxygen atoms in total. The Morgan fingerprint density at radius 1 is 1.31 bits per heavy atom. The van der Waals surface area contributed by atoms with Gasteiger partial charge in [0, 0.05) is 24.6 Å². The molecule has 1 saturated heterocycles. The van der Waals surface area contributed by atoms with Crippen LogP contribution in [0, 0.1) is 12.7 Å². The minimum absolute atomic E-state index is 0.0312. The number of aliphatic imine (C=N–C) groups is 1. The number of halogens is 3. The minimum atomic E-state index is -2.30. The van der Waals surface area contributed by atoms with E-state index in [2.05, 4.69) is 15.3 Å². The van der Waals surface area contributed by atoms with E-state index in [0.29, 0.717) is 5.89 Å². The molecule has 3 atom stereocenters. The first-order valence-corrected chi connectivity index (χ1v) is 8.91. The minimum Gasteiger partial charge on any atom is -0.448 e. The Labute approximate surface area is 164 Å². The van der Waals surface area contributed by atoms with Crippen molar-refractivity contribution in [3.8, 4) is 0 Å². The van der Waals surface area contributed by atoms with Crippen LogP contribution in [0.5, 0.6) is 0 Å². The van der Waals surface area contributed by atoms with Gasteiger partial charge in [0.2, 0.25) is 0 Å². The van der Waals surface area contributed by atoms with E-state index in [4.69, 9.17) is 14.9 Å². The molecule has 0 saturated carbocycles. The van der Waals surface area contributed by atoms with Crippen LogP contribution >= 0.6 is 0 Å². The number of amides is 1. The summed E-state index contributed by atoms with van der Waals surface area (Å²) in [5.74, 6) is -1.48. The van der Waals surface area contributed by atoms with Crippen molar-refractivity contribution in [1.82, 2.24) is 4.98 Å². The number of hydrogen-bond acceptors (Lipinski definition) is 6. The fourth-order valence-corrected chi connectivity index (χ4v) is 3.84. The number of benzene rings is 1. The number of carbonyl (C=O) groups excluding carboxylic acids is 1. The van der Waals surface area contributed by atoms with Crippen molar-refractivity contribution < 1.29 is 27.1 Å². The number of carbonyl (C=O) groups is 1. The van der Waals surface area contributed by atoms with E-state index in [1.807, 2.05) is 0 Å². The number of amidine groups is 1. The van der Waals surface area contributed by atoms with Crippen molar-refractivity contribution in [2.75, 3.05) is 18.5 Å². The van der Waals surface area contributed by atoms with E-state index >= 15 is 4.39 Å². The lowest BCUT2D eigenvalue weighted by Crippen LogP contribution is -2.58. The Morgan fingerprint density at radius 3 is 2.76 bits per heavy atom. The van der Waals surface area contributed by atoms with E-state index in [9.17, 15) is 13.6 Å². The number of anilines is 1. The smallest absolute Gasteiger partial charge is 0.277 e. The van der Waals surface area contributed by atoms with Gasteiger partial charge in [0.15, 0.2) is 28.5 Å². The third kappa shape index (κ3) is 2.98. The Hall–Kier alpha value is -2.88. The molecule has 4 rings (SSSR count). The van der Waals surface area contributed by atoms with Crippen LogP contribution in [-0.4, -0.2) is 41.3 Å². The molecule has 0 bridgehead atoms. The number of ether oxygens (including phenoxy) is 1. The maximum Gasteiger partial charge on any atom is 0.277 e. The van der Waals surface area contributed by atoms with E-state index in [0.717, 1.165) is 13.0 Å². The van der Waals surface area contributed by atoms with Gasteiger partial charge in [0.1, 0.15) is 17.9 Å². The maximum atomic E-state index is 15.8. The van der Waals surface area contributed by atoms with Gasteiger partial charge in [0.05, 0.1) is 13.2 Å². The predicted octanol–water partition coefficient (Wildman–Crippen LogP) is 2.80. The van der Waals surface area contributed by atoms with Crippen LogP contribution in [0.4, 0.5) is 18.9 Å². The Bertz CT molecular complexity index is 1020. The summed E-state index contributed by atoms with van der Waals surface area (Å²) in [5.41, 5.74) is -0.557. The van der Waals surface area contributed by atoms with Gasteiger partial charge in [-0.1, -0.05) is 0 Å². The first-order valence-electron chi connectivity index (χ1n) is 8.91. The number of oxazole rings is 1. The third-order valence-electron chi connectivity index (χ3n) is 5.36. The van der Waals surface area contributed by atoms with Crippen molar-refractivity contribution in [3.05, 3.63) is 47.4 Å². The lowest BCUT2D eigenvalue weighted by Gasteiger charge is -2.43. The largest absolute Gasteiger partial charge is 0.448 e. The first-order chi connectivity index (χ1) is 13.6. The summed E-state index contributed by atoms with van der Waals surface area (Å²) in [5, 5.41) is 2.55. The summed E-state index contributed by atoms with van der Waals surface area (Å²) in [6.07, 6.45) is 0.559. The number of fused-ring (bicyclic) bond motifs is 1. The van der Waals surface area contributed by atoms with Gasteiger partial charge in [-0.15, -0.1) is 0 Å². The number of aromatic nitrogens is 1. The lowest BCUT2D eigenvalue weighted by molar-refractivity contribution is 0.0234. The quantitative estimate of drug-likeness (QED) is 0.813. The van der Waals surface area contributed by atoms with E-state index in [-0.39, 0.29) is 23.6 Å². The van der Waals surface area contributed by atoms with E-state index in [1.54, 1.807) is 6.92 Å². The van der Waals surface area contributed by atoms with Crippen LogP contribution in [0.25, 0.3) is 0 Å². The van der Waals surface area contributed by atoms with E-state index < -0.39 is 47.5 Å². The number of aryl methyl sites for hydroxylation is 1. The van der Waals surface area contributed by atoms with Crippen LogP contribution in [0.2, 0.25) is 0 Å². The Kier molecular flexibility index (Phi) is 4.23. The highest BCUT2D eigenvalue weighted by atomic mass is 19.2. The molecule has 1 amide bonds. The van der Waals surface area contributed by atoms with Gasteiger partial charge >= 0.3 is 0 Å². The van der Waals surface area contributed by atoms with Crippen molar-refractivity contribution in [2.45, 2.75) is 37.1 Å². The molecule has 2 aliphatic rings. The van der Waals surface area contributed by atoms with Crippen LogP contribution in [0.15, 0.2) is 33.9 Å². The molecule has 3 heterocycles. The van der Waals surface area contributed by atoms with Crippen LogP contribution in [0.1, 0.15) is 35.3 Å². The maximum absolute atomic E-state index is 15.8. The number of alkyl halides is 2. The third-order valence-corrected chi connectivity index (χ3v) is 5.36. The second-order valence-corrected chi connectivity index (χ2v) is 7.59. The molecular formula is C19H19F3N4O3. The van der Waals surface area contributed by atoms with Crippen LogP contribution in [0.3, 0.4) is 0 Å². The van der Waals surface area contributed by atoms with Crippen LogP contribution < -0.4 is 11.1 Å². The number of nitrogens with two attached hydrogens (primary N) is 1. The van der Waals surface area contributed by atoms with E-state index in [1.165, 1.54) is 18.4 Å². The molecule has 1 aromatic heterocycles. The fraction of sp³-hybridized carbons (Fsp3) is 0.421. The number of nitrogens with one attached hydrogen (secondary N) is 1. The molecule has 1 fully saturated rings. The van der Waals surface area contributed by atoms with Gasteiger partial charge in [-0.3, -0.25) is 9.79 Å². The highest BCUT2D eigenvalue weighted by Gasteiger charge is 2.65.